The Kier molecular flexibility index (Phi) is 3.85. The van der Waals surface area contributed by atoms with Gasteiger partial charge in [0.2, 0.25) is 5.91 Å². The monoisotopic (exact) mass is 318 g/mol. The second-order valence-electron chi connectivity index (χ2n) is 6.80. The molecule has 1 aliphatic rings. The molecule has 1 saturated heterocycles. The van der Waals surface area contributed by atoms with Gasteiger partial charge in [-0.1, -0.05) is 48.0 Å². The predicted molar refractivity (Wildman–Crippen MR) is 97.1 cm³/mol. The summed E-state index contributed by atoms with van der Waals surface area (Å²) in [5, 5.41) is 1.25. The van der Waals surface area contributed by atoms with Crippen LogP contribution in [-0.4, -0.2) is 28.9 Å². The maximum atomic E-state index is 12.6. The Morgan fingerprint density at radius 1 is 1.17 bits per heavy atom. The SMILES string of the molecule is Cc1ccc(CC(=O)N2CCC(c3cc4ccccc4[nH]3)C2)cc1. The lowest BCUT2D eigenvalue weighted by Gasteiger charge is -2.16. The van der Waals surface area contributed by atoms with Crippen LogP contribution in [-0.2, 0) is 11.2 Å². The Hall–Kier alpha value is -2.55. The van der Waals surface area contributed by atoms with E-state index in [2.05, 4.69) is 66.5 Å². The van der Waals surface area contributed by atoms with Crippen molar-refractivity contribution in [3.8, 4) is 0 Å². The van der Waals surface area contributed by atoms with Crippen molar-refractivity contribution < 1.29 is 4.79 Å². The van der Waals surface area contributed by atoms with E-state index in [1.807, 2.05) is 4.90 Å². The van der Waals surface area contributed by atoms with Crippen molar-refractivity contribution in [1.29, 1.82) is 0 Å². The summed E-state index contributed by atoms with van der Waals surface area (Å²) in [5.74, 6) is 0.650. The van der Waals surface area contributed by atoms with Crippen molar-refractivity contribution in [2.75, 3.05) is 13.1 Å². The molecule has 0 saturated carbocycles. The van der Waals surface area contributed by atoms with Crippen LogP contribution in [0, 0.1) is 6.92 Å². The minimum absolute atomic E-state index is 0.234. The second-order valence-corrected chi connectivity index (χ2v) is 6.80. The first-order valence-electron chi connectivity index (χ1n) is 8.60. The number of carbonyl (C=O) groups excluding carboxylic acids is 1. The highest BCUT2D eigenvalue weighted by molar-refractivity contribution is 5.81. The largest absolute Gasteiger partial charge is 0.358 e. The first-order chi connectivity index (χ1) is 11.7. The van der Waals surface area contributed by atoms with Crippen molar-refractivity contribution >= 4 is 16.8 Å². The summed E-state index contributed by atoms with van der Waals surface area (Å²) >= 11 is 0. The summed E-state index contributed by atoms with van der Waals surface area (Å²) in [7, 11) is 0. The molecule has 0 spiro atoms. The van der Waals surface area contributed by atoms with Crippen LogP contribution in [0.4, 0.5) is 0 Å². The zero-order valence-corrected chi connectivity index (χ0v) is 14.0. The number of fused-ring (bicyclic) bond motifs is 1. The third kappa shape index (κ3) is 2.94. The van der Waals surface area contributed by atoms with Gasteiger partial charge in [-0.15, -0.1) is 0 Å². The summed E-state index contributed by atoms with van der Waals surface area (Å²) in [6.07, 6.45) is 1.53. The number of likely N-dealkylation sites (tertiary alicyclic amines) is 1. The van der Waals surface area contributed by atoms with Gasteiger partial charge >= 0.3 is 0 Å². The van der Waals surface area contributed by atoms with E-state index in [0.717, 1.165) is 25.1 Å². The van der Waals surface area contributed by atoms with E-state index >= 15 is 0 Å². The van der Waals surface area contributed by atoms with Gasteiger partial charge < -0.3 is 9.88 Å². The zero-order chi connectivity index (χ0) is 16.5. The Labute approximate surface area is 142 Å². The lowest BCUT2D eigenvalue weighted by atomic mass is 10.1. The minimum Gasteiger partial charge on any atom is -0.358 e. The maximum absolute atomic E-state index is 12.6. The normalized spacial score (nSPS) is 17.5. The van der Waals surface area contributed by atoms with Crippen LogP contribution < -0.4 is 0 Å². The first-order valence-corrected chi connectivity index (χ1v) is 8.60. The summed E-state index contributed by atoms with van der Waals surface area (Å²) in [6, 6.07) is 18.8. The zero-order valence-electron chi connectivity index (χ0n) is 14.0. The van der Waals surface area contributed by atoms with E-state index in [9.17, 15) is 4.79 Å². The van der Waals surface area contributed by atoms with Crippen molar-refractivity contribution in [1.82, 2.24) is 9.88 Å². The topological polar surface area (TPSA) is 36.1 Å². The molecule has 1 N–H and O–H groups in total. The number of aryl methyl sites for hydroxylation is 1. The summed E-state index contributed by atoms with van der Waals surface area (Å²) < 4.78 is 0. The van der Waals surface area contributed by atoms with Crippen molar-refractivity contribution in [2.24, 2.45) is 0 Å². The summed E-state index contributed by atoms with van der Waals surface area (Å²) in [4.78, 5) is 18.1. The number of aromatic nitrogens is 1. The molecule has 2 heterocycles. The number of hydrogen-bond acceptors (Lipinski definition) is 1. The van der Waals surface area contributed by atoms with Crippen LogP contribution in [0.2, 0.25) is 0 Å². The molecule has 2 aromatic carbocycles. The highest BCUT2D eigenvalue weighted by Crippen LogP contribution is 2.29. The predicted octanol–water partition coefficient (Wildman–Crippen LogP) is 4.03. The molecule has 1 amide bonds. The molecule has 3 nitrogen and oxygen atoms in total. The minimum atomic E-state index is 0.234. The molecule has 1 atom stereocenters. The van der Waals surface area contributed by atoms with Gasteiger partial charge in [0.25, 0.3) is 0 Å². The van der Waals surface area contributed by atoms with Crippen LogP contribution in [0.5, 0.6) is 0 Å². The van der Waals surface area contributed by atoms with Gasteiger partial charge in [0, 0.05) is 30.2 Å². The van der Waals surface area contributed by atoms with E-state index < -0.39 is 0 Å². The van der Waals surface area contributed by atoms with E-state index in [0.29, 0.717) is 12.3 Å². The molecule has 1 unspecified atom stereocenters. The molecular formula is C21H22N2O. The van der Waals surface area contributed by atoms with Gasteiger partial charge in [0.1, 0.15) is 0 Å². The molecule has 24 heavy (non-hydrogen) atoms. The fourth-order valence-corrected chi connectivity index (χ4v) is 3.55. The quantitative estimate of drug-likeness (QED) is 0.777. The number of benzene rings is 2. The lowest BCUT2D eigenvalue weighted by molar-refractivity contribution is -0.129. The van der Waals surface area contributed by atoms with Crippen molar-refractivity contribution in [3.05, 3.63) is 71.4 Å². The summed E-state index contributed by atoms with van der Waals surface area (Å²) in [5.41, 5.74) is 4.75. The molecule has 0 aliphatic carbocycles. The average molecular weight is 318 g/mol. The van der Waals surface area contributed by atoms with Gasteiger partial charge in [-0.25, -0.2) is 0 Å². The molecule has 0 radical (unpaired) electrons. The van der Waals surface area contributed by atoms with Gasteiger partial charge in [-0.05, 0) is 36.4 Å². The molecule has 3 heteroatoms. The van der Waals surface area contributed by atoms with E-state index in [1.165, 1.54) is 22.2 Å². The van der Waals surface area contributed by atoms with Crippen LogP contribution in [0.25, 0.3) is 10.9 Å². The van der Waals surface area contributed by atoms with Gasteiger partial charge in [-0.2, -0.15) is 0 Å². The summed E-state index contributed by atoms with van der Waals surface area (Å²) in [6.45, 7) is 3.74. The first kappa shape index (κ1) is 15.0. The molecule has 0 bridgehead atoms. The third-order valence-electron chi connectivity index (χ3n) is 5.01. The number of para-hydroxylation sites is 1. The number of nitrogens with one attached hydrogen (secondary N) is 1. The fraction of sp³-hybridized carbons (Fsp3) is 0.286. The molecule has 122 valence electrons. The van der Waals surface area contributed by atoms with E-state index in [1.54, 1.807) is 0 Å². The standard InChI is InChI=1S/C21H22N2O/c1-15-6-8-16(9-7-15)12-21(24)23-11-10-18(14-23)20-13-17-4-2-3-5-19(17)22-20/h2-9,13,18,22H,10-12,14H2,1H3. The fourth-order valence-electron chi connectivity index (χ4n) is 3.55. The number of hydrogen-bond donors (Lipinski definition) is 1. The van der Waals surface area contributed by atoms with Crippen LogP contribution >= 0.6 is 0 Å². The molecule has 1 fully saturated rings. The Balaban J connectivity index is 1.43. The van der Waals surface area contributed by atoms with E-state index in [-0.39, 0.29) is 5.91 Å². The van der Waals surface area contributed by atoms with Crippen molar-refractivity contribution in [3.63, 3.8) is 0 Å². The lowest BCUT2D eigenvalue weighted by Crippen LogP contribution is -2.29. The molecule has 1 aromatic heterocycles. The number of aromatic amines is 1. The molecular weight excluding hydrogens is 296 g/mol. The molecule has 1 aliphatic heterocycles. The number of carbonyl (C=O) groups is 1. The molecule has 4 rings (SSSR count). The van der Waals surface area contributed by atoms with Crippen LogP contribution in [0.15, 0.2) is 54.6 Å². The third-order valence-corrected chi connectivity index (χ3v) is 5.01. The Bertz CT molecular complexity index is 830. The van der Waals surface area contributed by atoms with Gasteiger partial charge in [0.15, 0.2) is 0 Å². The second kappa shape index (κ2) is 6.16. The van der Waals surface area contributed by atoms with E-state index in [4.69, 9.17) is 0 Å². The Morgan fingerprint density at radius 3 is 2.75 bits per heavy atom. The van der Waals surface area contributed by atoms with Gasteiger partial charge in [-0.3, -0.25) is 4.79 Å². The number of rotatable bonds is 3. The maximum Gasteiger partial charge on any atom is 0.227 e. The molecule has 3 aromatic rings. The highest BCUT2D eigenvalue weighted by atomic mass is 16.2. The van der Waals surface area contributed by atoms with Crippen LogP contribution in [0.1, 0.15) is 29.2 Å². The number of nitrogens with zero attached hydrogens (tertiary/aromatic N) is 1. The highest BCUT2D eigenvalue weighted by Gasteiger charge is 2.28. The average Bonchev–Trinajstić information content (AvgIpc) is 3.23. The number of H-pyrrole nitrogens is 1. The smallest absolute Gasteiger partial charge is 0.227 e. The van der Waals surface area contributed by atoms with Crippen LogP contribution in [0.3, 0.4) is 0 Å². The Morgan fingerprint density at radius 2 is 1.96 bits per heavy atom. The van der Waals surface area contributed by atoms with Crippen molar-refractivity contribution in [2.45, 2.75) is 25.7 Å². The van der Waals surface area contributed by atoms with Gasteiger partial charge in [0.05, 0.1) is 6.42 Å². The number of amides is 1.